The Hall–Kier alpha value is -1.30. The summed E-state index contributed by atoms with van der Waals surface area (Å²) in [5, 5.41) is 9.35. The van der Waals surface area contributed by atoms with Crippen molar-refractivity contribution >= 4 is 5.78 Å². The standard InChI is InChI=1S/C17H28N2O/c1-5-7-9-19(10-8-6-2)15-11-17(3,4)12-16(20)14(15)13-18/h5-12H2,1-4H3. The molecule has 0 saturated carbocycles. The molecule has 0 aliphatic heterocycles. The Bertz CT molecular complexity index is 407. The maximum atomic E-state index is 12.2. The highest BCUT2D eigenvalue weighted by Gasteiger charge is 2.34. The fourth-order valence-electron chi connectivity index (χ4n) is 2.76. The number of nitriles is 1. The molecule has 20 heavy (non-hydrogen) atoms. The average molecular weight is 276 g/mol. The van der Waals surface area contributed by atoms with E-state index < -0.39 is 0 Å². The molecule has 112 valence electrons. The molecule has 1 aliphatic rings. The van der Waals surface area contributed by atoms with Crippen molar-refractivity contribution in [2.24, 2.45) is 5.41 Å². The summed E-state index contributed by atoms with van der Waals surface area (Å²) in [6, 6.07) is 2.16. The number of carbonyl (C=O) groups excluding carboxylic acids is 1. The highest BCUT2D eigenvalue weighted by atomic mass is 16.1. The van der Waals surface area contributed by atoms with Crippen LogP contribution in [0.5, 0.6) is 0 Å². The summed E-state index contributed by atoms with van der Waals surface area (Å²) in [6.45, 7) is 10.5. The van der Waals surface area contributed by atoms with Gasteiger partial charge in [0.15, 0.2) is 5.78 Å². The van der Waals surface area contributed by atoms with Crippen LogP contribution in [-0.4, -0.2) is 23.8 Å². The molecule has 0 radical (unpaired) electrons. The van der Waals surface area contributed by atoms with Crippen molar-refractivity contribution in [2.45, 2.75) is 66.2 Å². The van der Waals surface area contributed by atoms with Gasteiger partial charge in [-0.05, 0) is 24.7 Å². The second-order valence-electron chi connectivity index (χ2n) is 6.57. The first kappa shape index (κ1) is 16.8. The monoisotopic (exact) mass is 276 g/mol. The molecule has 0 aromatic rings. The van der Waals surface area contributed by atoms with Gasteiger partial charge in [-0.1, -0.05) is 40.5 Å². The lowest BCUT2D eigenvalue weighted by molar-refractivity contribution is -0.117. The van der Waals surface area contributed by atoms with Crippen molar-refractivity contribution in [1.82, 2.24) is 4.90 Å². The molecule has 0 N–H and O–H groups in total. The van der Waals surface area contributed by atoms with E-state index in [1.165, 1.54) is 0 Å². The lowest BCUT2D eigenvalue weighted by atomic mass is 9.75. The number of hydrogen-bond donors (Lipinski definition) is 0. The molecule has 0 heterocycles. The minimum Gasteiger partial charge on any atom is -0.374 e. The zero-order valence-corrected chi connectivity index (χ0v) is 13.5. The zero-order valence-electron chi connectivity index (χ0n) is 13.5. The van der Waals surface area contributed by atoms with E-state index in [2.05, 4.69) is 38.7 Å². The van der Waals surface area contributed by atoms with Crippen molar-refractivity contribution in [3.05, 3.63) is 11.3 Å². The summed E-state index contributed by atoms with van der Waals surface area (Å²) >= 11 is 0. The van der Waals surface area contributed by atoms with Gasteiger partial charge in [0, 0.05) is 25.2 Å². The van der Waals surface area contributed by atoms with Crippen LogP contribution < -0.4 is 0 Å². The van der Waals surface area contributed by atoms with Crippen LogP contribution in [0.4, 0.5) is 0 Å². The van der Waals surface area contributed by atoms with Gasteiger partial charge < -0.3 is 4.90 Å². The summed E-state index contributed by atoms with van der Waals surface area (Å²) in [5.74, 6) is 0.0248. The topological polar surface area (TPSA) is 44.1 Å². The maximum absolute atomic E-state index is 12.2. The molecule has 0 bridgehead atoms. The van der Waals surface area contributed by atoms with Crippen molar-refractivity contribution < 1.29 is 4.79 Å². The van der Waals surface area contributed by atoms with Crippen molar-refractivity contribution in [1.29, 1.82) is 5.26 Å². The van der Waals surface area contributed by atoms with Crippen LogP contribution >= 0.6 is 0 Å². The summed E-state index contributed by atoms with van der Waals surface area (Å²) in [5.41, 5.74) is 1.39. The van der Waals surface area contributed by atoms with Crippen LogP contribution in [-0.2, 0) is 4.79 Å². The second-order valence-corrected chi connectivity index (χ2v) is 6.57. The zero-order chi connectivity index (χ0) is 15.2. The van der Waals surface area contributed by atoms with Gasteiger partial charge in [0.25, 0.3) is 0 Å². The molecule has 0 fully saturated rings. The highest BCUT2D eigenvalue weighted by Crippen LogP contribution is 2.38. The van der Waals surface area contributed by atoms with Crippen LogP contribution in [0.15, 0.2) is 11.3 Å². The molecule has 1 rings (SSSR count). The number of ketones is 1. The summed E-state index contributed by atoms with van der Waals surface area (Å²) in [6.07, 6.45) is 5.83. The number of rotatable bonds is 7. The second kappa shape index (κ2) is 7.47. The third-order valence-corrected chi connectivity index (χ3v) is 3.91. The third kappa shape index (κ3) is 4.37. The fourth-order valence-corrected chi connectivity index (χ4v) is 2.76. The molecule has 0 atom stereocenters. The Labute approximate surface area is 123 Å². The predicted octanol–water partition coefficient (Wildman–Crippen LogP) is 4.06. The largest absolute Gasteiger partial charge is 0.374 e. The van der Waals surface area contributed by atoms with Crippen molar-refractivity contribution in [2.75, 3.05) is 13.1 Å². The van der Waals surface area contributed by atoms with Crippen LogP contribution in [0.1, 0.15) is 66.2 Å². The average Bonchev–Trinajstić information content (AvgIpc) is 2.37. The van der Waals surface area contributed by atoms with Crippen LogP contribution in [0.25, 0.3) is 0 Å². The van der Waals surface area contributed by atoms with E-state index in [1.807, 2.05) is 0 Å². The Kier molecular flexibility index (Phi) is 6.26. The van der Waals surface area contributed by atoms with Gasteiger partial charge >= 0.3 is 0 Å². The van der Waals surface area contributed by atoms with Crippen LogP contribution in [0.2, 0.25) is 0 Å². The number of Topliss-reactive ketones (excluding diaryl/α,β-unsaturated/α-hetero) is 1. The van der Waals surface area contributed by atoms with Crippen LogP contribution in [0.3, 0.4) is 0 Å². The maximum Gasteiger partial charge on any atom is 0.175 e. The first-order valence-corrected chi connectivity index (χ1v) is 7.86. The number of nitrogens with zero attached hydrogens (tertiary/aromatic N) is 2. The van der Waals surface area contributed by atoms with Gasteiger partial charge in [-0.3, -0.25) is 4.79 Å². The number of hydrogen-bond acceptors (Lipinski definition) is 3. The summed E-state index contributed by atoms with van der Waals surface area (Å²) < 4.78 is 0. The molecule has 3 nitrogen and oxygen atoms in total. The first-order chi connectivity index (χ1) is 9.45. The molecule has 0 aromatic heterocycles. The van der Waals surface area contributed by atoms with Gasteiger partial charge in [-0.25, -0.2) is 0 Å². The van der Waals surface area contributed by atoms with Crippen molar-refractivity contribution in [3.8, 4) is 6.07 Å². The minimum absolute atomic E-state index is 0.0244. The molecule has 0 unspecified atom stereocenters. The van der Waals surface area contributed by atoms with E-state index in [9.17, 15) is 10.1 Å². The highest BCUT2D eigenvalue weighted by molar-refractivity contribution is 6.01. The van der Waals surface area contributed by atoms with E-state index in [4.69, 9.17) is 0 Å². The van der Waals surface area contributed by atoms with Gasteiger partial charge in [-0.2, -0.15) is 5.26 Å². The van der Waals surface area contributed by atoms with Crippen molar-refractivity contribution in [3.63, 3.8) is 0 Å². The first-order valence-electron chi connectivity index (χ1n) is 7.86. The van der Waals surface area contributed by atoms with E-state index in [-0.39, 0.29) is 11.2 Å². The normalized spacial score (nSPS) is 18.1. The van der Waals surface area contributed by atoms with Gasteiger partial charge in [0.1, 0.15) is 11.6 Å². The summed E-state index contributed by atoms with van der Waals surface area (Å²) in [4.78, 5) is 14.5. The SMILES string of the molecule is CCCCN(CCCC)C1=C(C#N)C(=O)CC(C)(C)C1. The molecular weight excluding hydrogens is 248 g/mol. The fraction of sp³-hybridized carbons (Fsp3) is 0.765. The minimum atomic E-state index is -0.0244. The van der Waals surface area contributed by atoms with Crippen LogP contribution in [0, 0.1) is 16.7 Å². The molecule has 1 aliphatic carbocycles. The lowest BCUT2D eigenvalue weighted by Gasteiger charge is -2.37. The van der Waals surface area contributed by atoms with Gasteiger partial charge in [0.2, 0.25) is 0 Å². The lowest BCUT2D eigenvalue weighted by Crippen LogP contribution is -2.35. The van der Waals surface area contributed by atoms with E-state index in [1.54, 1.807) is 0 Å². The number of unbranched alkanes of at least 4 members (excludes halogenated alkanes) is 2. The Balaban J connectivity index is 3.04. The molecular formula is C17H28N2O. The van der Waals surface area contributed by atoms with Gasteiger partial charge in [-0.15, -0.1) is 0 Å². The van der Waals surface area contributed by atoms with E-state index in [0.717, 1.165) is 50.9 Å². The Morgan fingerprint density at radius 2 is 1.70 bits per heavy atom. The smallest absolute Gasteiger partial charge is 0.175 e. The quantitative estimate of drug-likeness (QED) is 0.704. The molecule has 0 aromatic carbocycles. The molecule has 0 spiro atoms. The number of carbonyl (C=O) groups is 1. The summed E-state index contributed by atoms with van der Waals surface area (Å²) in [7, 11) is 0. The van der Waals surface area contributed by atoms with E-state index >= 15 is 0 Å². The Morgan fingerprint density at radius 1 is 1.15 bits per heavy atom. The predicted molar refractivity (Wildman–Crippen MR) is 82.1 cm³/mol. The van der Waals surface area contributed by atoms with Gasteiger partial charge in [0.05, 0.1) is 0 Å². The third-order valence-electron chi connectivity index (χ3n) is 3.91. The molecule has 3 heteroatoms. The molecule has 0 saturated heterocycles. The molecule has 0 amide bonds. The van der Waals surface area contributed by atoms with E-state index in [0.29, 0.717) is 12.0 Å². The Morgan fingerprint density at radius 3 is 2.15 bits per heavy atom. The number of allylic oxidation sites excluding steroid dienone is 2.